The summed E-state index contributed by atoms with van der Waals surface area (Å²) >= 11 is 0. The minimum Gasteiger partial charge on any atom is -0.359 e. The van der Waals surface area contributed by atoms with E-state index in [1.807, 2.05) is 19.9 Å². The average molecular weight is 388 g/mol. The third-order valence-electron chi connectivity index (χ3n) is 4.39. The van der Waals surface area contributed by atoms with E-state index in [0.29, 0.717) is 31.5 Å². The van der Waals surface area contributed by atoms with Gasteiger partial charge in [0.05, 0.1) is 18.0 Å². The molecular weight excluding hydrogens is 354 g/mol. The summed E-state index contributed by atoms with van der Waals surface area (Å²) in [5, 5.41) is 10.3. The van der Waals surface area contributed by atoms with Crippen LogP contribution in [0.2, 0.25) is 0 Å². The van der Waals surface area contributed by atoms with E-state index in [2.05, 4.69) is 34.6 Å². The maximum Gasteiger partial charge on any atom is 0.215 e. The predicted octanol–water partition coefficient (Wildman–Crippen LogP) is 1.91. The van der Waals surface area contributed by atoms with Gasteiger partial charge in [-0.3, -0.25) is 4.99 Å². The number of hydrogen-bond acceptors (Lipinski definition) is 5. The summed E-state index contributed by atoms with van der Waals surface area (Å²) < 4.78 is 31.2. The molecule has 26 heavy (non-hydrogen) atoms. The number of aromatic nitrogens is 1. The van der Waals surface area contributed by atoms with Crippen LogP contribution in [0.4, 0.5) is 0 Å². The van der Waals surface area contributed by atoms with Crippen LogP contribution >= 0.6 is 0 Å². The lowest BCUT2D eigenvalue weighted by atomic mass is 9.99. The monoisotopic (exact) mass is 387 g/mol. The molecule has 0 unspecified atom stereocenters. The Kier molecular flexibility index (Phi) is 9.64. The van der Waals surface area contributed by atoms with E-state index < -0.39 is 10.0 Å². The van der Waals surface area contributed by atoms with E-state index in [1.165, 1.54) is 4.31 Å². The Morgan fingerprint density at radius 1 is 1.23 bits per heavy atom. The predicted molar refractivity (Wildman–Crippen MR) is 105 cm³/mol. The summed E-state index contributed by atoms with van der Waals surface area (Å²) in [5.41, 5.74) is 0.972. The molecule has 0 aliphatic heterocycles. The van der Waals surface area contributed by atoms with Gasteiger partial charge in [-0.1, -0.05) is 32.9 Å². The van der Waals surface area contributed by atoms with Crippen LogP contribution in [0.25, 0.3) is 0 Å². The third kappa shape index (κ3) is 6.60. The molecule has 0 atom stereocenters. The van der Waals surface area contributed by atoms with Crippen molar-refractivity contribution in [1.29, 1.82) is 0 Å². The highest BCUT2D eigenvalue weighted by molar-refractivity contribution is 7.89. The Bertz CT molecular complexity index is 649. The van der Waals surface area contributed by atoms with Crippen LogP contribution in [0.1, 0.15) is 57.9 Å². The molecule has 0 aliphatic carbocycles. The summed E-state index contributed by atoms with van der Waals surface area (Å²) in [6.45, 7) is 9.64. The molecule has 9 heteroatoms. The van der Waals surface area contributed by atoms with Gasteiger partial charge in [0.1, 0.15) is 0 Å². The lowest BCUT2D eigenvalue weighted by Crippen LogP contribution is -2.41. The van der Waals surface area contributed by atoms with Crippen LogP contribution in [0.5, 0.6) is 0 Å². The van der Waals surface area contributed by atoms with Crippen LogP contribution < -0.4 is 10.6 Å². The summed E-state index contributed by atoms with van der Waals surface area (Å²) in [6, 6.07) is 1.96. The van der Waals surface area contributed by atoms with Gasteiger partial charge < -0.3 is 15.2 Å². The molecule has 0 fully saturated rings. The SMILES string of the molecule is CCC(CC)c1cc(CNC(=NC)NCCS(=O)(=O)N(CC)CC)on1. The van der Waals surface area contributed by atoms with E-state index >= 15 is 0 Å². The summed E-state index contributed by atoms with van der Waals surface area (Å²) in [7, 11) is -1.60. The minimum atomic E-state index is -3.25. The molecule has 2 N–H and O–H groups in total. The first-order chi connectivity index (χ1) is 12.4. The molecule has 0 saturated heterocycles. The second-order valence-electron chi connectivity index (χ2n) is 5.98. The Morgan fingerprint density at radius 3 is 2.42 bits per heavy atom. The zero-order valence-corrected chi connectivity index (χ0v) is 17.4. The summed E-state index contributed by atoms with van der Waals surface area (Å²) in [5.74, 6) is 1.69. The first-order valence-electron chi connectivity index (χ1n) is 9.29. The number of sulfonamides is 1. The molecule has 1 rings (SSSR count). The highest BCUT2D eigenvalue weighted by Crippen LogP contribution is 2.22. The van der Waals surface area contributed by atoms with Gasteiger partial charge in [-0.05, 0) is 12.8 Å². The lowest BCUT2D eigenvalue weighted by molar-refractivity contribution is 0.368. The Hall–Kier alpha value is -1.61. The molecule has 0 spiro atoms. The number of rotatable bonds is 11. The summed E-state index contributed by atoms with van der Waals surface area (Å²) in [6.07, 6.45) is 2.06. The lowest BCUT2D eigenvalue weighted by Gasteiger charge is -2.19. The number of nitrogens with one attached hydrogen (secondary N) is 2. The van der Waals surface area contributed by atoms with Gasteiger partial charge >= 0.3 is 0 Å². The fourth-order valence-corrected chi connectivity index (χ4v) is 4.15. The molecule has 150 valence electrons. The maximum atomic E-state index is 12.2. The fourth-order valence-electron chi connectivity index (χ4n) is 2.75. The molecule has 0 amide bonds. The largest absolute Gasteiger partial charge is 0.359 e. The van der Waals surface area contributed by atoms with Gasteiger partial charge in [0, 0.05) is 38.7 Å². The number of guanidine groups is 1. The van der Waals surface area contributed by atoms with Gasteiger partial charge in [-0.15, -0.1) is 0 Å². The highest BCUT2D eigenvalue weighted by Gasteiger charge is 2.18. The first kappa shape index (κ1) is 22.4. The molecule has 1 aromatic rings. The molecule has 0 aliphatic rings. The van der Waals surface area contributed by atoms with Crippen molar-refractivity contribution in [3.8, 4) is 0 Å². The second-order valence-corrected chi connectivity index (χ2v) is 8.07. The van der Waals surface area contributed by atoms with Gasteiger partial charge in [0.25, 0.3) is 0 Å². The fraction of sp³-hybridized carbons (Fsp3) is 0.765. The van der Waals surface area contributed by atoms with Crippen molar-refractivity contribution in [2.24, 2.45) is 4.99 Å². The Labute approximate surface area is 157 Å². The smallest absolute Gasteiger partial charge is 0.215 e. The van der Waals surface area contributed by atoms with Crippen molar-refractivity contribution in [2.45, 2.75) is 53.0 Å². The Morgan fingerprint density at radius 2 is 1.88 bits per heavy atom. The van der Waals surface area contributed by atoms with Crippen molar-refractivity contribution < 1.29 is 12.9 Å². The zero-order chi connectivity index (χ0) is 19.6. The van der Waals surface area contributed by atoms with E-state index in [-0.39, 0.29) is 12.3 Å². The van der Waals surface area contributed by atoms with Crippen LogP contribution in [-0.2, 0) is 16.6 Å². The zero-order valence-electron chi connectivity index (χ0n) is 16.6. The normalized spacial score (nSPS) is 12.8. The van der Waals surface area contributed by atoms with Crippen LogP contribution in [0.15, 0.2) is 15.6 Å². The van der Waals surface area contributed by atoms with Gasteiger partial charge in [0.2, 0.25) is 10.0 Å². The van der Waals surface area contributed by atoms with Crippen molar-refractivity contribution in [3.63, 3.8) is 0 Å². The number of aliphatic imine (C=N–C) groups is 1. The molecular formula is C17H33N5O3S. The maximum absolute atomic E-state index is 12.2. The molecule has 0 aromatic carbocycles. The molecule has 8 nitrogen and oxygen atoms in total. The van der Waals surface area contributed by atoms with E-state index in [9.17, 15) is 8.42 Å². The van der Waals surface area contributed by atoms with Crippen LogP contribution in [0.3, 0.4) is 0 Å². The van der Waals surface area contributed by atoms with Gasteiger partial charge in [0.15, 0.2) is 11.7 Å². The quantitative estimate of drug-likeness (QED) is 0.444. The van der Waals surface area contributed by atoms with E-state index in [1.54, 1.807) is 7.05 Å². The molecule has 1 heterocycles. The van der Waals surface area contributed by atoms with E-state index in [4.69, 9.17) is 4.52 Å². The van der Waals surface area contributed by atoms with Crippen molar-refractivity contribution >= 4 is 16.0 Å². The minimum absolute atomic E-state index is 0.0243. The molecule has 0 bridgehead atoms. The topological polar surface area (TPSA) is 99.8 Å². The summed E-state index contributed by atoms with van der Waals surface area (Å²) in [4.78, 5) is 4.11. The molecule has 0 radical (unpaired) electrons. The standard InChI is InChI=1S/C17H33N5O3S/c1-6-14(7-2)16-12-15(25-21-16)13-20-17(18-5)19-10-11-26(23,24)22(8-3)9-4/h12,14H,6-11,13H2,1-5H3,(H2,18,19,20). The first-order valence-corrected chi connectivity index (χ1v) is 10.9. The average Bonchev–Trinajstić information content (AvgIpc) is 3.08. The number of hydrogen-bond donors (Lipinski definition) is 2. The van der Waals surface area contributed by atoms with E-state index in [0.717, 1.165) is 24.3 Å². The van der Waals surface area contributed by atoms with Crippen molar-refractivity contribution in [1.82, 2.24) is 20.1 Å². The van der Waals surface area contributed by atoms with Gasteiger partial charge in [-0.25, -0.2) is 12.7 Å². The highest BCUT2D eigenvalue weighted by atomic mass is 32.2. The van der Waals surface area contributed by atoms with Gasteiger partial charge in [-0.2, -0.15) is 0 Å². The van der Waals surface area contributed by atoms with Crippen LogP contribution in [-0.4, -0.2) is 56.3 Å². The molecule has 1 aromatic heterocycles. The Balaban J connectivity index is 2.49. The second kappa shape index (κ2) is 11.2. The van der Waals surface area contributed by atoms with Crippen molar-refractivity contribution in [3.05, 3.63) is 17.5 Å². The van der Waals surface area contributed by atoms with Crippen molar-refractivity contribution in [2.75, 3.05) is 32.4 Å². The number of nitrogens with zero attached hydrogens (tertiary/aromatic N) is 3. The third-order valence-corrected chi connectivity index (χ3v) is 6.41. The van der Waals surface area contributed by atoms with Crippen LogP contribution in [0, 0.1) is 0 Å². The molecule has 0 saturated carbocycles.